The van der Waals surface area contributed by atoms with Crippen LogP contribution in [0.3, 0.4) is 0 Å². The fourth-order valence-corrected chi connectivity index (χ4v) is 3.18. The Bertz CT molecular complexity index is 402. The maximum absolute atomic E-state index is 11.9. The summed E-state index contributed by atoms with van der Waals surface area (Å²) in [6, 6.07) is 8.58. The average molecular weight is 276 g/mol. The molecule has 1 nitrogen and oxygen atoms in total. The van der Waals surface area contributed by atoms with Crippen molar-refractivity contribution >= 4 is 0 Å². The van der Waals surface area contributed by atoms with E-state index in [-0.39, 0.29) is 0 Å². The Morgan fingerprint density at radius 1 is 1.15 bits per heavy atom. The molecule has 1 aromatic carbocycles. The Hall–Kier alpha value is -1.31. The van der Waals surface area contributed by atoms with Crippen LogP contribution in [-0.4, -0.2) is 6.61 Å². The maximum atomic E-state index is 11.9. The molecule has 0 saturated heterocycles. The number of hydrogen-bond acceptors (Lipinski definition) is 1. The van der Waals surface area contributed by atoms with Gasteiger partial charge < -0.3 is 4.74 Å². The molecule has 0 amide bonds. The Labute approximate surface area is 121 Å². The largest absolute Gasteiger partial charge is 0.494 e. The van der Waals surface area contributed by atoms with E-state index in [1.807, 2.05) is 6.92 Å². The highest BCUT2D eigenvalue weighted by Crippen LogP contribution is 2.37. The highest BCUT2D eigenvalue weighted by molar-refractivity contribution is 5.29. The molecule has 0 heterocycles. The van der Waals surface area contributed by atoms with Crippen molar-refractivity contribution in [2.75, 3.05) is 6.61 Å². The molecule has 0 N–H and O–H groups in total. The molecule has 0 aliphatic heterocycles. The van der Waals surface area contributed by atoms with Gasteiger partial charge in [0.15, 0.2) is 0 Å². The van der Waals surface area contributed by atoms with Gasteiger partial charge in [-0.15, -0.1) is 0 Å². The number of benzene rings is 1. The van der Waals surface area contributed by atoms with Crippen LogP contribution in [0.15, 0.2) is 36.7 Å². The van der Waals surface area contributed by atoms with E-state index in [1.54, 1.807) is 6.08 Å². The van der Waals surface area contributed by atoms with Crippen LogP contribution >= 0.6 is 0 Å². The molecule has 0 atom stereocenters. The minimum absolute atomic E-state index is 0.672. The highest BCUT2D eigenvalue weighted by atomic mass is 19.1. The lowest BCUT2D eigenvalue weighted by atomic mass is 9.77. The van der Waals surface area contributed by atoms with E-state index >= 15 is 0 Å². The third-order valence-corrected chi connectivity index (χ3v) is 4.34. The second-order valence-electron chi connectivity index (χ2n) is 5.66. The van der Waals surface area contributed by atoms with Gasteiger partial charge in [0.1, 0.15) is 5.75 Å². The second kappa shape index (κ2) is 8.08. The van der Waals surface area contributed by atoms with Gasteiger partial charge in [0.2, 0.25) is 0 Å². The molecule has 2 heteroatoms. The van der Waals surface area contributed by atoms with Crippen LogP contribution in [0.5, 0.6) is 5.75 Å². The van der Waals surface area contributed by atoms with Gasteiger partial charge in [-0.1, -0.05) is 18.2 Å². The molecule has 1 aromatic rings. The van der Waals surface area contributed by atoms with E-state index in [9.17, 15) is 4.39 Å². The summed E-state index contributed by atoms with van der Waals surface area (Å²) in [5, 5.41) is 0. The first-order valence-electron chi connectivity index (χ1n) is 7.81. The van der Waals surface area contributed by atoms with Crippen LogP contribution in [0.4, 0.5) is 4.39 Å². The van der Waals surface area contributed by atoms with Gasteiger partial charge in [0.05, 0.1) is 12.9 Å². The predicted octanol–water partition coefficient (Wildman–Crippen LogP) is 5.62. The van der Waals surface area contributed by atoms with Crippen LogP contribution in [0.1, 0.15) is 56.9 Å². The van der Waals surface area contributed by atoms with E-state index < -0.39 is 0 Å². The van der Waals surface area contributed by atoms with Crippen molar-refractivity contribution in [3.63, 3.8) is 0 Å². The summed E-state index contributed by atoms with van der Waals surface area (Å²) in [6.07, 6.45) is 9.40. The van der Waals surface area contributed by atoms with Crippen molar-refractivity contribution < 1.29 is 9.13 Å². The Kier molecular flexibility index (Phi) is 6.10. The van der Waals surface area contributed by atoms with Gasteiger partial charge in [-0.05, 0) is 75.0 Å². The summed E-state index contributed by atoms with van der Waals surface area (Å²) in [7, 11) is 0. The van der Waals surface area contributed by atoms with Gasteiger partial charge in [-0.2, -0.15) is 0 Å². The first-order chi connectivity index (χ1) is 9.83. The van der Waals surface area contributed by atoms with E-state index in [4.69, 9.17) is 4.74 Å². The maximum Gasteiger partial charge on any atom is 0.119 e. The van der Waals surface area contributed by atoms with Crippen molar-refractivity contribution in [1.82, 2.24) is 0 Å². The van der Waals surface area contributed by atoms with E-state index in [0.717, 1.165) is 31.1 Å². The zero-order valence-corrected chi connectivity index (χ0v) is 12.4. The van der Waals surface area contributed by atoms with Crippen LogP contribution < -0.4 is 4.74 Å². The van der Waals surface area contributed by atoms with Crippen LogP contribution in [-0.2, 0) is 0 Å². The Morgan fingerprint density at radius 2 is 1.85 bits per heavy atom. The summed E-state index contributed by atoms with van der Waals surface area (Å²) < 4.78 is 17.4. The van der Waals surface area contributed by atoms with Crippen molar-refractivity contribution in [1.29, 1.82) is 0 Å². The third-order valence-electron chi connectivity index (χ3n) is 4.34. The topological polar surface area (TPSA) is 9.23 Å². The number of allylic oxidation sites excluding steroid dienone is 1. The molecule has 1 aliphatic carbocycles. The van der Waals surface area contributed by atoms with Gasteiger partial charge in [-0.3, -0.25) is 0 Å². The van der Waals surface area contributed by atoms with Crippen LogP contribution in [0.2, 0.25) is 0 Å². The lowest BCUT2D eigenvalue weighted by Crippen LogP contribution is -2.13. The van der Waals surface area contributed by atoms with Gasteiger partial charge in [-0.25, -0.2) is 4.39 Å². The van der Waals surface area contributed by atoms with Crippen molar-refractivity contribution in [3.05, 3.63) is 42.2 Å². The van der Waals surface area contributed by atoms with Crippen LogP contribution in [0.25, 0.3) is 0 Å². The minimum atomic E-state index is 0.672. The monoisotopic (exact) mass is 276 g/mol. The average Bonchev–Trinajstić information content (AvgIpc) is 2.49. The van der Waals surface area contributed by atoms with Crippen molar-refractivity contribution in [2.24, 2.45) is 5.92 Å². The molecule has 2 rings (SSSR count). The molecule has 1 saturated carbocycles. The number of rotatable bonds is 6. The third kappa shape index (κ3) is 4.36. The number of halogens is 1. The molecular formula is C18H25FO. The standard InChI is InChI=1S/C18H25FO/c1-2-20-18-12-10-17(11-13-18)16-8-6-15(7-9-16)5-3-4-14-19/h4,10-16H,2-3,5-9H2,1H3/t15-,16-. The lowest BCUT2D eigenvalue weighted by Gasteiger charge is -2.28. The van der Waals surface area contributed by atoms with E-state index in [2.05, 4.69) is 24.3 Å². The number of hydrogen-bond donors (Lipinski definition) is 0. The summed E-state index contributed by atoms with van der Waals surface area (Å²) >= 11 is 0. The lowest BCUT2D eigenvalue weighted by molar-refractivity contribution is 0.311. The molecule has 1 fully saturated rings. The number of ether oxygens (including phenoxy) is 1. The normalized spacial score (nSPS) is 23.1. The fraction of sp³-hybridized carbons (Fsp3) is 0.556. The van der Waals surface area contributed by atoms with E-state index in [1.165, 1.54) is 31.2 Å². The van der Waals surface area contributed by atoms with Gasteiger partial charge in [0.25, 0.3) is 0 Å². The molecule has 20 heavy (non-hydrogen) atoms. The van der Waals surface area contributed by atoms with Gasteiger partial charge >= 0.3 is 0 Å². The Balaban J connectivity index is 1.80. The zero-order chi connectivity index (χ0) is 14.2. The van der Waals surface area contributed by atoms with Crippen molar-refractivity contribution in [3.8, 4) is 5.75 Å². The molecule has 0 radical (unpaired) electrons. The zero-order valence-electron chi connectivity index (χ0n) is 12.4. The second-order valence-corrected chi connectivity index (χ2v) is 5.66. The minimum Gasteiger partial charge on any atom is -0.494 e. The predicted molar refractivity (Wildman–Crippen MR) is 81.8 cm³/mol. The summed E-state index contributed by atoms with van der Waals surface area (Å²) in [6.45, 7) is 2.73. The molecule has 110 valence electrons. The first-order valence-corrected chi connectivity index (χ1v) is 7.81. The SMILES string of the molecule is CCOc1ccc([C@H]2CC[C@H](CCC=CF)CC2)cc1. The fourth-order valence-electron chi connectivity index (χ4n) is 3.18. The molecule has 0 unspecified atom stereocenters. The molecule has 0 aromatic heterocycles. The van der Waals surface area contributed by atoms with E-state index in [0.29, 0.717) is 12.2 Å². The molecule has 1 aliphatic rings. The van der Waals surface area contributed by atoms with Gasteiger partial charge in [0, 0.05) is 0 Å². The smallest absolute Gasteiger partial charge is 0.119 e. The first kappa shape index (κ1) is 15.1. The van der Waals surface area contributed by atoms with Crippen LogP contribution in [0, 0.1) is 5.92 Å². The highest BCUT2D eigenvalue weighted by Gasteiger charge is 2.21. The Morgan fingerprint density at radius 3 is 2.45 bits per heavy atom. The molecular weight excluding hydrogens is 251 g/mol. The molecule has 0 spiro atoms. The molecule has 0 bridgehead atoms. The summed E-state index contributed by atoms with van der Waals surface area (Å²) in [5.74, 6) is 2.44. The van der Waals surface area contributed by atoms with Crippen molar-refractivity contribution in [2.45, 2.75) is 51.4 Å². The summed E-state index contributed by atoms with van der Waals surface area (Å²) in [4.78, 5) is 0. The quantitative estimate of drug-likeness (QED) is 0.655. The summed E-state index contributed by atoms with van der Waals surface area (Å²) in [5.41, 5.74) is 1.44.